The van der Waals surface area contributed by atoms with Crippen LogP contribution in [0.1, 0.15) is 25.3 Å². The third-order valence-electron chi connectivity index (χ3n) is 2.80. The number of halogens is 1. The van der Waals surface area contributed by atoms with Gasteiger partial charge in [0.1, 0.15) is 11.5 Å². The second-order valence-electron chi connectivity index (χ2n) is 3.92. The topological polar surface area (TPSA) is 55.8 Å². The number of carbonyl (C=O) groups excluding carboxylic acids is 1. The van der Waals surface area contributed by atoms with Crippen molar-refractivity contribution in [2.24, 2.45) is 0 Å². The van der Waals surface area contributed by atoms with Crippen LogP contribution < -0.4 is 4.74 Å². The molecule has 1 aliphatic heterocycles. The molecule has 4 nitrogen and oxygen atoms in total. The number of aromatic hydroxyl groups is 1. The third kappa shape index (κ3) is 2.05. The fraction of sp³-hybridized carbons (Fsp3) is 0.417. The highest BCUT2D eigenvalue weighted by Gasteiger charge is 2.38. The van der Waals surface area contributed by atoms with Crippen molar-refractivity contribution in [2.45, 2.75) is 25.9 Å². The summed E-state index contributed by atoms with van der Waals surface area (Å²) >= 11 is 5.78. The molecule has 0 bridgehead atoms. The van der Waals surface area contributed by atoms with Crippen molar-refractivity contribution < 1.29 is 19.4 Å². The van der Waals surface area contributed by atoms with Gasteiger partial charge in [0, 0.05) is 17.5 Å². The first-order chi connectivity index (χ1) is 8.04. The summed E-state index contributed by atoms with van der Waals surface area (Å²) in [5.41, 5.74) is 0.768. The minimum absolute atomic E-state index is 0.00891. The Morgan fingerprint density at radius 1 is 1.59 bits per heavy atom. The molecule has 1 aromatic rings. The summed E-state index contributed by atoms with van der Waals surface area (Å²) in [6, 6.07) is 3.05. The van der Waals surface area contributed by atoms with E-state index >= 15 is 0 Å². The fourth-order valence-electron chi connectivity index (χ4n) is 1.90. The van der Waals surface area contributed by atoms with Crippen LogP contribution in [0.3, 0.4) is 0 Å². The van der Waals surface area contributed by atoms with Gasteiger partial charge in [-0.2, -0.15) is 0 Å². The zero-order chi connectivity index (χ0) is 12.6. The lowest BCUT2D eigenvalue weighted by atomic mass is 9.97. The highest BCUT2D eigenvalue weighted by atomic mass is 35.5. The molecule has 1 aromatic carbocycles. The molecule has 0 fully saturated rings. The van der Waals surface area contributed by atoms with Crippen LogP contribution >= 0.6 is 11.6 Å². The number of hydrogen-bond acceptors (Lipinski definition) is 4. The summed E-state index contributed by atoms with van der Waals surface area (Å²) in [5, 5.41) is 9.73. The molecule has 0 aromatic heterocycles. The molecule has 0 aliphatic carbocycles. The van der Waals surface area contributed by atoms with E-state index in [2.05, 4.69) is 0 Å². The van der Waals surface area contributed by atoms with Crippen LogP contribution in [-0.2, 0) is 9.53 Å². The molecule has 2 rings (SSSR count). The van der Waals surface area contributed by atoms with Crippen molar-refractivity contribution in [1.29, 1.82) is 0 Å². The average molecular weight is 257 g/mol. The van der Waals surface area contributed by atoms with Crippen LogP contribution in [-0.4, -0.2) is 23.8 Å². The van der Waals surface area contributed by atoms with Crippen molar-refractivity contribution in [3.63, 3.8) is 0 Å². The predicted octanol–water partition coefficient (Wildman–Crippen LogP) is 2.47. The van der Waals surface area contributed by atoms with Crippen molar-refractivity contribution >= 4 is 17.6 Å². The maximum atomic E-state index is 11.7. The molecular weight excluding hydrogens is 244 g/mol. The van der Waals surface area contributed by atoms with Gasteiger partial charge in [0.25, 0.3) is 0 Å². The lowest BCUT2D eigenvalue weighted by Gasteiger charge is -2.13. The molecule has 2 atom stereocenters. The van der Waals surface area contributed by atoms with Gasteiger partial charge in [0.15, 0.2) is 0 Å². The summed E-state index contributed by atoms with van der Waals surface area (Å²) in [4.78, 5) is 11.7. The molecule has 1 N–H and O–H groups in total. The Morgan fingerprint density at radius 3 is 2.94 bits per heavy atom. The molecule has 0 radical (unpaired) electrons. The van der Waals surface area contributed by atoms with Gasteiger partial charge >= 0.3 is 5.97 Å². The van der Waals surface area contributed by atoms with Crippen LogP contribution in [0, 0.1) is 0 Å². The number of esters is 1. The van der Waals surface area contributed by atoms with E-state index in [1.807, 2.05) is 6.92 Å². The Kier molecular flexibility index (Phi) is 3.15. The SMILES string of the molecule is CCOC(=O)C1Oc2cc(Cl)c(O)cc2C1C. The Balaban J connectivity index is 2.29. The van der Waals surface area contributed by atoms with Crippen molar-refractivity contribution in [3.8, 4) is 11.5 Å². The van der Waals surface area contributed by atoms with Crippen LogP contribution in [0.5, 0.6) is 11.5 Å². The highest BCUT2D eigenvalue weighted by Crippen LogP contribution is 2.43. The molecule has 0 amide bonds. The van der Waals surface area contributed by atoms with E-state index in [-0.39, 0.29) is 16.7 Å². The first-order valence-corrected chi connectivity index (χ1v) is 5.78. The third-order valence-corrected chi connectivity index (χ3v) is 3.10. The second-order valence-corrected chi connectivity index (χ2v) is 4.33. The van der Waals surface area contributed by atoms with E-state index in [1.54, 1.807) is 6.92 Å². The van der Waals surface area contributed by atoms with Gasteiger partial charge in [-0.3, -0.25) is 0 Å². The summed E-state index contributed by atoms with van der Waals surface area (Å²) in [5.74, 6) is -0.0391. The molecule has 1 heterocycles. The van der Waals surface area contributed by atoms with Gasteiger partial charge in [0.05, 0.1) is 11.6 Å². The number of phenolic OH excluding ortho intramolecular Hbond substituents is 1. The zero-order valence-corrected chi connectivity index (χ0v) is 10.3. The van der Waals surface area contributed by atoms with Gasteiger partial charge in [0.2, 0.25) is 6.10 Å². The van der Waals surface area contributed by atoms with Crippen molar-refractivity contribution in [3.05, 3.63) is 22.7 Å². The van der Waals surface area contributed by atoms with Crippen molar-refractivity contribution in [1.82, 2.24) is 0 Å². The first-order valence-electron chi connectivity index (χ1n) is 5.40. The summed E-state index contributed by atoms with van der Waals surface area (Å²) < 4.78 is 10.4. The van der Waals surface area contributed by atoms with Gasteiger partial charge in [-0.1, -0.05) is 18.5 Å². The Bertz CT molecular complexity index is 458. The molecular formula is C12H13ClO4. The lowest BCUT2D eigenvalue weighted by Crippen LogP contribution is -2.29. The first kappa shape index (κ1) is 12.0. The van der Waals surface area contributed by atoms with E-state index in [0.29, 0.717) is 12.4 Å². The largest absolute Gasteiger partial charge is 0.506 e. The van der Waals surface area contributed by atoms with E-state index in [0.717, 1.165) is 5.56 Å². The summed E-state index contributed by atoms with van der Waals surface area (Å²) in [6.07, 6.45) is -0.664. The number of benzene rings is 1. The van der Waals surface area contributed by atoms with Crippen LogP contribution in [0.25, 0.3) is 0 Å². The minimum Gasteiger partial charge on any atom is -0.506 e. The predicted molar refractivity (Wildman–Crippen MR) is 62.6 cm³/mol. The molecule has 0 spiro atoms. The van der Waals surface area contributed by atoms with Gasteiger partial charge in [-0.05, 0) is 13.0 Å². The van der Waals surface area contributed by atoms with E-state index in [1.165, 1.54) is 12.1 Å². The quantitative estimate of drug-likeness (QED) is 0.826. The second kappa shape index (κ2) is 4.45. The average Bonchev–Trinajstić information content (AvgIpc) is 2.58. The highest BCUT2D eigenvalue weighted by molar-refractivity contribution is 6.32. The van der Waals surface area contributed by atoms with Crippen LogP contribution in [0.15, 0.2) is 12.1 Å². The normalized spacial score (nSPS) is 21.8. The smallest absolute Gasteiger partial charge is 0.347 e. The fourth-order valence-corrected chi connectivity index (χ4v) is 2.05. The number of hydrogen-bond donors (Lipinski definition) is 1. The number of phenols is 1. The number of fused-ring (bicyclic) bond motifs is 1. The Labute approximate surface area is 104 Å². The number of rotatable bonds is 2. The lowest BCUT2D eigenvalue weighted by molar-refractivity contribution is -0.151. The molecule has 2 unspecified atom stereocenters. The molecule has 5 heteroatoms. The molecule has 1 aliphatic rings. The number of ether oxygens (including phenoxy) is 2. The maximum absolute atomic E-state index is 11.7. The van der Waals surface area contributed by atoms with Crippen molar-refractivity contribution in [2.75, 3.05) is 6.61 Å². The number of carbonyl (C=O) groups is 1. The standard InChI is InChI=1S/C12H13ClO4/c1-3-16-12(15)11-6(2)7-4-9(14)8(13)5-10(7)17-11/h4-6,11,14H,3H2,1-2H3. The monoisotopic (exact) mass is 256 g/mol. The van der Waals surface area contributed by atoms with Crippen LogP contribution in [0.2, 0.25) is 5.02 Å². The molecule has 0 saturated carbocycles. The van der Waals surface area contributed by atoms with E-state index in [4.69, 9.17) is 21.1 Å². The van der Waals surface area contributed by atoms with Gasteiger partial charge in [-0.25, -0.2) is 4.79 Å². The van der Waals surface area contributed by atoms with Crippen LogP contribution in [0.4, 0.5) is 0 Å². The minimum atomic E-state index is -0.664. The Hall–Kier alpha value is -1.42. The summed E-state index contributed by atoms with van der Waals surface area (Å²) in [6.45, 7) is 3.90. The van der Waals surface area contributed by atoms with Gasteiger partial charge < -0.3 is 14.6 Å². The molecule has 0 saturated heterocycles. The van der Waals surface area contributed by atoms with E-state index in [9.17, 15) is 9.90 Å². The summed E-state index contributed by atoms with van der Waals surface area (Å²) in [7, 11) is 0. The molecule has 17 heavy (non-hydrogen) atoms. The maximum Gasteiger partial charge on any atom is 0.347 e. The zero-order valence-electron chi connectivity index (χ0n) is 9.57. The van der Waals surface area contributed by atoms with Gasteiger partial charge in [-0.15, -0.1) is 0 Å². The molecule has 92 valence electrons. The van der Waals surface area contributed by atoms with E-state index < -0.39 is 12.1 Å². The Morgan fingerprint density at radius 2 is 2.29 bits per heavy atom.